The first-order chi connectivity index (χ1) is 24.0. The summed E-state index contributed by atoms with van der Waals surface area (Å²) in [7, 11) is 0. The summed E-state index contributed by atoms with van der Waals surface area (Å²) in [5, 5.41) is 25.8. The molecule has 0 bridgehead atoms. The zero-order chi connectivity index (χ0) is 36.7. The van der Waals surface area contributed by atoms with E-state index >= 15 is 0 Å². The number of hydrogen-bond donors (Lipinski definition) is 6. The van der Waals surface area contributed by atoms with Crippen LogP contribution in [-0.2, 0) is 22.7 Å². The topological polar surface area (TPSA) is 200 Å². The number of aliphatic carboxylic acids is 2. The lowest BCUT2D eigenvalue weighted by Gasteiger charge is -2.02. The maximum atomic E-state index is 9.64. The van der Waals surface area contributed by atoms with Crippen molar-refractivity contribution in [3.63, 3.8) is 0 Å². The molecular formula is C34H34Cl4N8O4. The number of carboxylic acid groups (broad SMARTS) is 2. The van der Waals surface area contributed by atoms with Crippen LogP contribution in [0.25, 0.3) is 0 Å². The third-order valence-corrected chi connectivity index (χ3v) is 7.17. The van der Waals surface area contributed by atoms with Crippen molar-refractivity contribution in [1.29, 1.82) is 0 Å². The maximum absolute atomic E-state index is 9.64. The van der Waals surface area contributed by atoms with Gasteiger partial charge in [0.2, 0.25) is 11.9 Å². The minimum atomic E-state index is -1.08. The third-order valence-electron chi connectivity index (χ3n) is 5.85. The molecule has 0 atom stereocenters. The summed E-state index contributed by atoms with van der Waals surface area (Å²) in [5.41, 5.74) is 20.1. The van der Waals surface area contributed by atoms with E-state index in [9.17, 15) is 9.59 Å². The van der Waals surface area contributed by atoms with E-state index in [0.717, 1.165) is 11.1 Å². The van der Waals surface area contributed by atoms with Crippen molar-refractivity contribution in [2.75, 3.05) is 0 Å². The van der Waals surface area contributed by atoms with Gasteiger partial charge in [0.15, 0.2) is 0 Å². The summed E-state index contributed by atoms with van der Waals surface area (Å²) in [4.78, 5) is 27.6. The number of nitrogens with zero attached hydrogens (tertiary/aromatic N) is 4. The van der Waals surface area contributed by atoms with Crippen LogP contribution in [-0.4, -0.2) is 46.5 Å². The van der Waals surface area contributed by atoms with Crippen LogP contribution in [0.3, 0.4) is 0 Å². The van der Waals surface area contributed by atoms with E-state index in [1.165, 1.54) is 12.4 Å². The minimum Gasteiger partial charge on any atom is -0.481 e. The van der Waals surface area contributed by atoms with Crippen LogP contribution in [0.5, 0.6) is 0 Å². The summed E-state index contributed by atoms with van der Waals surface area (Å²) in [6, 6.07) is 30.1. The van der Waals surface area contributed by atoms with Crippen molar-refractivity contribution in [2.45, 2.75) is 25.9 Å². The van der Waals surface area contributed by atoms with Gasteiger partial charge in [0.1, 0.15) is 0 Å². The highest BCUT2D eigenvalue weighted by Crippen LogP contribution is 2.22. The first-order valence-electron chi connectivity index (χ1n) is 14.5. The van der Waals surface area contributed by atoms with E-state index in [2.05, 4.69) is 31.0 Å². The van der Waals surface area contributed by atoms with Gasteiger partial charge in [-0.1, -0.05) is 119 Å². The molecule has 0 spiro atoms. The first kappa shape index (κ1) is 41.0. The first-order valence-corrected chi connectivity index (χ1v) is 16.0. The zero-order valence-corrected chi connectivity index (χ0v) is 29.4. The van der Waals surface area contributed by atoms with Crippen molar-refractivity contribution in [2.24, 2.45) is 31.7 Å². The number of halogens is 4. The number of benzene rings is 4. The average molecular weight is 761 g/mol. The molecule has 8 N–H and O–H groups in total. The molecule has 12 nitrogen and oxygen atoms in total. The molecule has 0 amide bonds. The maximum Gasteiger partial charge on any atom is 0.303 e. The third kappa shape index (κ3) is 17.3. The predicted molar refractivity (Wildman–Crippen MR) is 202 cm³/mol. The highest BCUT2D eigenvalue weighted by atomic mass is 35.5. The Balaban J connectivity index is 0.000000286. The van der Waals surface area contributed by atoms with Gasteiger partial charge >= 0.3 is 11.9 Å². The number of guanidine groups is 2. The molecular weight excluding hydrogens is 726 g/mol. The van der Waals surface area contributed by atoms with E-state index in [1.807, 2.05) is 60.7 Å². The van der Waals surface area contributed by atoms with Gasteiger partial charge in [-0.15, -0.1) is 0 Å². The van der Waals surface area contributed by atoms with Gasteiger partial charge in [-0.3, -0.25) is 9.59 Å². The van der Waals surface area contributed by atoms with Gasteiger partial charge in [-0.2, -0.15) is 10.2 Å². The summed E-state index contributed by atoms with van der Waals surface area (Å²) in [5.74, 6) is -1.71. The molecule has 4 aromatic rings. The predicted octanol–water partition coefficient (Wildman–Crippen LogP) is 6.80. The summed E-state index contributed by atoms with van der Waals surface area (Å²) in [6.45, 7) is 0.976. The Morgan fingerprint density at radius 1 is 0.560 bits per heavy atom. The lowest BCUT2D eigenvalue weighted by molar-refractivity contribution is -0.143. The van der Waals surface area contributed by atoms with Gasteiger partial charge < -0.3 is 21.7 Å². The average Bonchev–Trinajstić information content (AvgIpc) is 3.09. The van der Waals surface area contributed by atoms with Gasteiger partial charge in [0, 0.05) is 11.1 Å². The molecule has 0 unspecified atom stereocenters. The number of hydrazone groups is 2. The number of carbonyl (C=O) groups is 2. The molecule has 16 heteroatoms. The Hall–Kier alpha value is -5.14. The molecule has 262 valence electrons. The second kappa shape index (κ2) is 23.3. The molecule has 50 heavy (non-hydrogen) atoms. The molecule has 0 radical (unpaired) electrons. The van der Waals surface area contributed by atoms with E-state index in [0.29, 0.717) is 44.3 Å². The Labute approximate surface area is 309 Å². The fourth-order valence-corrected chi connectivity index (χ4v) is 4.39. The SMILES string of the molecule is NC(=NCc1ccccc1)NN=Cc1c(Cl)cccc1Cl.NC(=NCc1ccccc1)NN=Cc1c(Cl)cccc1Cl.O=C(O)CCC(=O)O. The van der Waals surface area contributed by atoms with Crippen LogP contribution >= 0.6 is 46.4 Å². The van der Waals surface area contributed by atoms with Crippen LogP contribution in [0.1, 0.15) is 35.1 Å². The molecule has 0 fully saturated rings. The zero-order valence-electron chi connectivity index (χ0n) is 26.4. The molecule has 4 rings (SSSR count). The number of nitrogens with one attached hydrogen (secondary N) is 2. The number of carboxylic acids is 2. The van der Waals surface area contributed by atoms with E-state index in [-0.39, 0.29) is 24.8 Å². The summed E-state index contributed by atoms with van der Waals surface area (Å²) in [6.07, 6.45) is 2.43. The fraction of sp³-hybridized carbons (Fsp3) is 0.118. The van der Waals surface area contributed by atoms with E-state index in [1.54, 1.807) is 36.4 Å². The van der Waals surface area contributed by atoms with Gasteiger partial charge in [0.25, 0.3) is 0 Å². The Kier molecular flexibility index (Phi) is 19.1. The van der Waals surface area contributed by atoms with E-state index < -0.39 is 11.9 Å². The fourth-order valence-electron chi connectivity index (χ4n) is 3.40. The molecule has 0 heterocycles. The number of hydrogen-bond acceptors (Lipinski definition) is 6. The Morgan fingerprint density at radius 2 is 0.880 bits per heavy atom. The summed E-state index contributed by atoms with van der Waals surface area (Å²) >= 11 is 24.1. The number of nitrogens with two attached hydrogens (primary N) is 2. The molecule has 0 saturated carbocycles. The molecule has 0 aromatic heterocycles. The van der Waals surface area contributed by atoms with Gasteiger partial charge in [-0.25, -0.2) is 20.8 Å². The van der Waals surface area contributed by atoms with Crippen LogP contribution in [0.4, 0.5) is 0 Å². The van der Waals surface area contributed by atoms with Crippen molar-refractivity contribution in [3.05, 3.63) is 139 Å². The van der Waals surface area contributed by atoms with Crippen molar-refractivity contribution >= 4 is 82.7 Å². The monoisotopic (exact) mass is 758 g/mol. The second-order valence-electron chi connectivity index (χ2n) is 9.67. The quantitative estimate of drug-likeness (QED) is 0.0545. The van der Waals surface area contributed by atoms with E-state index in [4.69, 9.17) is 68.1 Å². The Morgan fingerprint density at radius 3 is 1.18 bits per heavy atom. The standard InChI is InChI=1S/2C15H14Cl2N4.C4H6O4/c2*16-13-7-4-8-14(17)12(13)10-20-21-15(18)19-9-11-5-2-1-3-6-11;5-3(6)1-2-4(7)8/h2*1-8,10H,9H2,(H3,18,19,21);1-2H2,(H,5,6)(H,7,8). The van der Waals surface area contributed by atoms with Crippen molar-refractivity contribution in [1.82, 2.24) is 10.9 Å². The van der Waals surface area contributed by atoms with Crippen LogP contribution in [0.15, 0.2) is 117 Å². The number of rotatable bonds is 11. The normalized spacial score (nSPS) is 11.3. The lowest BCUT2D eigenvalue weighted by Crippen LogP contribution is -2.27. The van der Waals surface area contributed by atoms with Crippen LogP contribution < -0.4 is 22.3 Å². The van der Waals surface area contributed by atoms with Crippen LogP contribution in [0.2, 0.25) is 20.1 Å². The lowest BCUT2D eigenvalue weighted by atomic mass is 10.2. The molecule has 0 aliphatic heterocycles. The van der Waals surface area contributed by atoms with Crippen molar-refractivity contribution in [3.8, 4) is 0 Å². The van der Waals surface area contributed by atoms with Gasteiger partial charge in [0.05, 0.1) is 58.5 Å². The minimum absolute atomic E-state index is 0.221. The second-order valence-corrected chi connectivity index (χ2v) is 11.3. The van der Waals surface area contributed by atoms with Crippen molar-refractivity contribution < 1.29 is 19.8 Å². The molecule has 0 saturated heterocycles. The van der Waals surface area contributed by atoms with Gasteiger partial charge in [-0.05, 0) is 35.4 Å². The molecule has 0 aliphatic carbocycles. The molecule has 0 aliphatic rings. The summed E-state index contributed by atoms with van der Waals surface area (Å²) < 4.78 is 0. The Bertz CT molecular complexity index is 1620. The number of aliphatic imine (C=N–C) groups is 2. The highest BCUT2D eigenvalue weighted by molar-refractivity contribution is 6.39. The largest absolute Gasteiger partial charge is 0.481 e. The highest BCUT2D eigenvalue weighted by Gasteiger charge is 2.03. The smallest absolute Gasteiger partial charge is 0.303 e. The van der Waals surface area contributed by atoms with Crippen LogP contribution in [0, 0.1) is 0 Å². The molecule has 4 aromatic carbocycles.